The molecule has 0 amide bonds. The molecule has 3 aromatic rings. The van der Waals surface area contributed by atoms with Crippen molar-refractivity contribution in [3.05, 3.63) is 71.6 Å². The number of aryl methyl sites for hydroxylation is 1. The predicted octanol–water partition coefficient (Wildman–Crippen LogP) is 4.56. The molecule has 0 aliphatic heterocycles. The van der Waals surface area contributed by atoms with Crippen LogP contribution in [0.2, 0.25) is 0 Å². The molecule has 1 N–H and O–H groups in total. The Morgan fingerprint density at radius 2 is 1.92 bits per heavy atom. The minimum absolute atomic E-state index is 0.509. The third kappa shape index (κ3) is 3.78. The van der Waals surface area contributed by atoms with E-state index in [0.717, 1.165) is 27.8 Å². The summed E-state index contributed by atoms with van der Waals surface area (Å²) < 4.78 is 0. The zero-order valence-electron chi connectivity index (χ0n) is 14.6. The number of anilines is 1. The predicted molar refractivity (Wildman–Crippen MR) is 104 cm³/mol. The van der Waals surface area contributed by atoms with E-state index in [-0.39, 0.29) is 0 Å². The maximum atomic E-state index is 9.44. The molecule has 25 heavy (non-hydrogen) atoms. The molecule has 0 saturated heterocycles. The molecule has 4 heteroatoms. The summed E-state index contributed by atoms with van der Waals surface area (Å²) in [4.78, 5) is 9.77. The summed E-state index contributed by atoms with van der Waals surface area (Å²) in [5.41, 5.74) is 5.72. The van der Waals surface area contributed by atoms with Crippen LogP contribution in [0.25, 0.3) is 22.7 Å². The molecule has 0 atom stereocenters. The van der Waals surface area contributed by atoms with Crippen LogP contribution < -0.4 is 4.90 Å². The first-order valence-electron chi connectivity index (χ1n) is 8.09. The number of fused-ring (bicyclic) bond motifs is 1. The zero-order chi connectivity index (χ0) is 17.8. The number of nitriles is 1. The van der Waals surface area contributed by atoms with Gasteiger partial charge in [-0.05, 0) is 48.4 Å². The van der Waals surface area contributed by atoms with Gasteiger partial charge in [-0.2, -0.15) is 5.26 Å². The van der Waals surface area contributed by atoms with E-state index in [0.29, 0.717) is 11.4 Å². The average molecular weight is 328 g/mol. The molecule has 4 nitrogen and oxygen atoms in total. The average Bonchev–Trinajstić information content (AvgIpc) is 3.02. The standard InChI is InChI=1S/C21H20N4/c1-15-7-12-19-20(13-15)24-21(23-19)17(14-22)6-4-5-16-8-10-18(11-9-16)25(2)3/h4-13H,1-3H3,(H,23,24)/b5-4+,17-6-. The number of rotatable bonds is 4. The normalized spacial score (nSPS) is 11.8. The third-order valence-corrected chi connectivity index (χ3v) is 3.97. The van der Waals surface area contributed by atoms with Crippen molar-refractivity contribution >= 4 is 28.4 Å². The van der Waals surface area contributed by atoms with Crippen molar-refractivity contribution in [2.24, 2.45) is 0 Å². The number of nitrogens with one attached hydrogen (secondary N) is 1. The molecule has 0 spiro atoms. The van der Waals surface area contributed by atoms with E-state index in [2.05, 4.69) is 45.2 Å². The number of aromatic nitrogens is 2. The lowest BCUT2D eigenvalue weighted by atomic mass is 10.1. The van der Waals surface area contributed by atoms with E-state index in [1.807, 2.05) is 51.4 Å². The Balaban J connectivity index is 1.83. The minimum atomic E-state index is 0.509. The lowest BCUT2D eigenvalue weighted by molar-refractivity contribution is 1.13. The molecule has 0 bridgehead atoms. The first kappa shape index (κ1) is 16.5. The quantitative estimate of drug-likeness (QED) is 0.564. The lowest BCUT2D eigenvalue weighted by Crippen LogP contribution is -2.07. The Bertz CT molecular complexity index is 983. The van der Waals surface area contributed by atoms with E-state index in [1.165, 1.54) is 0 Å². The van der Waals surface area contributed by atoms with E-state index < -0.39 is 0 Å². The fourth-order valence-corrected chi connectivity index (χ4v) is 2.56. The van der Waals surface area contributed by atoms with Gasteiger partial charge in [0.2, 0.25) is 0 Å². The molecule has 1 aromatic heterocycles. The van der Waals surface area contributed by atoms with E-state index in [1.54, 1.807) is 6.08 Å². The number of hydrogen-bond donors (Lipinski definition) is 1. The molecular weight excluding hydrogens is 308 g/mol. The van der Waals surface area contributed by atoms with Gasteiger partial charge in [0, 0.05) is 19.8 Å². The van der Waals surface area contributed by atoms with Crippen molar-refractivity contribution in [3.8, 4) is 6.07 Å². The largest absolute Gasteiger partial charge is 0.378 e. The number of H-pyrrole nitrogens is 1. The Labute approximate surface area is 147 Å². The van der Waals surface area contributed by atoms with Gasteiger partial charge in [0.1, 0.15) is 11.9 Å². The van der Waals surface area contributed by atoms with E-state index in [4.69, 9.17) is 0 Å². The second kappa shape index (κ2) is 7.06. The number of imidazole rings is 1. The zero-order valence-corrected chi connectivity index (χ0v) is 14.6. The van der Waals surface area contributed by atoms with Gasteiger partial charge in [-0.1, -0.05) is 30.4 Å². The van der Waals surface area contributed by atoms with Gasteiger partial charge < -0.3 is 9.88 Å². The Morgan fingerprint density at radius 3 is 2.60 bits per heavy atom. The van der Waals surface area contributed by atoms with E-state index in [9.17, 15) is 5.26 Å². The van der Waals surface area contributed by atoms with Crippen LogP contribution in [0.15, 0.2) is 54.6 Å². The lowest BCUT2D eigenvalue weighted by Gasteiger charge is -2.11. The highest BCUT2D eigenvalue weighted by atomic mass is 15.1. The number of benzene rings is 2. The minimum Gasteiger partial charge on any atom is -0.378 e. The fourth-order valence-electron chi connectivity index (χ4n) is 2.56. The SMILES string of the molecule is Cc1ccc2nc(/C(C#N)=C\C=C\c3ccc(N(C)C)cc3)[nH]c2c1. The highest BCUT2D eigenvalue weighted by molar-refractivity contribution is 5.83. The monoisotopic (exact) mass is 328 g/mol. The summed E-state index contributed by atoms with van der Waals surface area (Å²) in [5.74, 6) is 0.593. The van der Waals surface area contributed by atoms with E-state index >= 15 is 0 Å². The first-order valence-corrected chi connectivity index (χ1v) is 8.09. The smallest absolute Gasteiger partial charge is 0.149 e. The van der Waals surface area contributed by atoms with Crippen molar-refractivity contribution in [3.63, 3.8) is 0 Å². The van der Waals surface area contributed by atoms with Crippen LogP contribution in [0.5, 0.6) is 0 Å². The Morgan fingerprint density at radius 1 is 1.16 bits per heavy atom. The molecule has 1 heterocycles. The van der Waals surface area contributed by atoms with Gasteiger partial charge >= 0.3 is 0 Å². The highest BCUT2D eigenvalue weighted by Crippen LogP contribution is 2.18. The van der Waals surface area contributed by atoms with Crippen LogP contribution in [0.4, 0.5) is 5.69 Å². The van der Waals surface area contributed by atoms with Crippen molar-refractivity contribution in [1.82, 2.24) is 9.97 Å². The number of nitrogens with zero attached hydrogens (tertiary/aromatic N) is 3. The molecule has 3 rings (SSSR count). The highest BCUT2D eigenvalue weighted by Gasteiger charge is 2.06. The van der Waals surface area contributed by atoms with Gasteiger partial charge in [-0.15, -0.1) is 0 Å². The third-order valence-electron chi connectivity index (χ3n) is 3.97. The maximum Gasteiger partial charge on any atom is 0.149 e. The summed E-state index contributed by atoms with van der Waals surface area (Å²) >= 11 is 0. The van der Waals surface area contributed by atoms with Gasteiger partial charge in [0.05, 0.1) is 16.6 Å². The Hall–Kier alpha value is -3.32. The van der Waals surface area contributed by atoms with Crippen molar-refractivity contribution < 1.29 is 0 Å². The van der Waals surface area contributed by atoms with Gasteiger partial charge in [-0.25, -0.2) is 4.98 Å². The molecule has 2 aromatic carbocycles. The summed E-state index contributed by atoms with van der Waals surface area (Å²) in [5, 5.41) is 9.44. The van der Waals surface area contributed by atoms with Gasteiger partial charge in [0.15, 0.2) is 0 Å². The maximum absolute atomic E-state index is 9.44. The summed E-state index contributed by atoms with van der Waals surface area (Å²) in [6.07, 6.45) is 5.63. The summed E-state index contributed by atoms with van der Waals surface area (Å²) in [6, 6.07) is 16.5. The van der Waals surface area contributed by atoms with Crippen LogP contribution in [0.3, 0.4) is 0 Å². The van der Waals surface area contributed by atoms with Gasteiger partial charge in [-0.3, -0.25) is 0 Å². The Kier molecular flexibility index (Phi) is 4.67. The first-order chi connectivity index (χ1) is 12.1. The molecular formula is C21H20N4. The van der Waals surface area contributed by atoms with Crippen molar-refractivity contribution in [2.75, 3.05) is 19.0 Å². The fraction of sp³-hybridized carbons (Fsp3) is 0.143. The van der Waals surface area contributed by atoms with Crippen LogP contribution >= 0.6 is 0 Å². The number of aromatic amines is 1. The molecule has 0 aliphatic carbocycles. The summed E-state index contributed by atoms with van der Waals surface area (Å²) in [7, 11) is 4.03. The molecule has 0 aliphatic rings. The number of allylic oxidation sites excluding steroid dienone is 3. The molecule has 0 unspecified atom stereocenters. The topological polar surface area (TPSA) is 55.7 Å². The molecule has 124 valence electrons. The summed E-state index contributed by atoms with van der Waals surface area (Å²) in [6.45, 7) is 2.03. The van der Waals surface area contributed by atoms with Crippen LogP contribution in [-0.2, 0) is 0 Å². The second-order valence-corrected chi connectivity index (χ2v) is 6.14. The van der Waals surface area contributed by atoms with Gasteiger partial charge in [0.25, 0.3) is 0 Å². The molecule has 0 saturated carbocycles. The number of hydrogen-bond acceptors (Lipinski definition) is 3. The van der Waals surface area contributed by atoms with Crippen LogP contribution in [0, 0.1) is 18.3 Å². The second-order valence-electron chi connectivity index (χ2n) is 6.14. The van der Waals surface area contributed by atoms with Crippen molar-refractivity contribution in [2.45, 2.75) is 6.92 Å². The van der Waals surface area contributed by atoms with Crippen molar-refractivity contribution in [1.29, 1.82) is 5.26 Å². The van der Waals surface area contributed by atoms with Crippen LogP contribution in [0.1, 0.15) is 17.0 Å². The molecule has 0 fully saturated rings. The molecule has 0 radical (unpaired) electrons. The van der Waals surface area contributed by atoms with Crippen LogP contribution in [-0.4, -0.2) is 24.1 Å².